The average Bonchev–Trinajstić information content (AvgIpc) is 2.43. The molecule has 0 unspecified atom stereocenters. The summed E-state index contributed by atoms with van der Waals surface area (Å²) < 4.78 is 4.98. The molecule has 0 fully saturated rings. The van der Waals surface area contributed by atoms with Crippen LogP contribution in [0.15, 0.2) is 12.1 Å². The number of phenolic OH excluding ortho intramolecular Hbond substituents is 1. The average molecular weight is 296 g/mol. The molecule has 2 aromatic rings. The Balaban J connectivity index is 2.66. The first-order valence-electron chi connectivity index (χ1n) is 5.79. The minimum atomic E-state index is -0.328. The van der Waals surface area contributed by atoms with Crippen LogP contribution in [0.25, 0.3) is 11.3 Å². The zero-order valence-corrected chi connectivity index (χ0v) is 11.8. The molecule has 0 bridgehead atoms. The van der Waals surface area contributed by atoms with E-state index in [0.29, 0.717) is 17.0 Å². The minimum Gasteiger partial charge on any atom is -0.503 e. The minimum absolute atomic E-state index is 0.107. The molecule has 0 aliphatic carbocycles. The Morgan fingerprint density at radius 3 is 2.65 bits per heavy atom. The molecule has 4 N–H and O–H groups in total. The van der Waals surface area contributed by atoms with Crippen LogP contribution in [0.1, 0.15) is 11.4 Å². The van der Waals surface area contributed by atoms with Crippen LogP contribution in [-0.4, -0.2) is 27.3 Å². The topological polar surface area (TPSA) is 101 Å². The third kappa shape index (κ3) is 2.35. The van der Waals surface area contributed by atoms with E-state index in [4.69, 9.17) is 22.1 Å². The molecule has 7 heteroatoms. The highest BCUT2D eigenvalue weighted by molar-refractivity contribution is 6.35. The first-order valence-corrected chi connectivity index (χ1v) is 6.17. The number of aromatic nitrogens is 2. The Kier molecular flexibility index (Phi) is 3.96. The van der Waals surface area contributed by atoms with Crippen LogP contribution in [0.5, 0.6) is 11.5 Å². The first kappa shape index (κ1) is 14.4. The number of aliphatic hydroxyl groups is 1. The monoisotopic (exact) mass is 295 g/mol. The summed E-state index contributed by atoms with van der Waals surface area (Å²) in [5, 5.41) is 19.2. The molecule has 6 nitrogen and oxygen atoms in total. The van der Waals surface area contributed by atoms with E-state index in [1.807, 2.05) is 0 Å². The second-order valence-electron chi connectivity index (χ2n) is 4.13. The maximum Gasteiger partial charge on any atom is 0.177 e. The number of halogens is 1. The molecule has 0 atom stereocenters. The van der Waals surface area contributed by atoms with Crippen LogP contribution in [0.3, 0.4) is 0 Å². The summed E-state index contributed by atoms with van der Waals surface area (Å²) in [5.74, 6) is 0.264. The van der Waals surface area contributed by atoms with Crippen molar-refractivity contribution in [1.82, 2.24) is 9.97 Å². The SMILES string of the molecule is COc1ccc(-c2nc(CO)c(N)nc2C)c(Cl)c1O. The third-order valence-corrected chi connectivity index (χ3v) is 3.26. The molecular weight excluding hydrogens is 282 g/mol. The summed E-state index contributed by atoms with van der Waals surface area (Å²) in [6.45, 7) is 1.39. The Morgan fingerprint density at radius 2 is 2.05 bits per heavy atom. The fraction of sp³-hybridized carbons (Fsp3) is 0.231. The van der Waals surface area contributed by atoms with Crippen molar-refractivity contribution in [2.45, 2.75) is 13.5 Å². The molecular formula is C13H14ClN3O3. The Bertz CT molecular complexity index is 662. The molecule has 1 aromatic heterocycles. The molecule has 0 spiro atoms. The summed E-state index contributed by atoms with van der Waals surface area (Å²) >= 11 is 6.13. The lowest BCUT2D eigenvalue weighted by Crippen LogP contribution is -2.05. The summed E-state index contributed by atoms with van der Waals surface area (Å²) in [4.78, 5) is 8.36. The number of nitrogens with zero attached hydrogens (tertiary/aromatic N) is 2. The Morgan fingerprint density at radius 1 is 1.35 bits per heavy atom. The quantitative estimate of drug-likeness (QED) is 0.799. The van der Waals surface area contributed by atoms with Crippen LogP contribution in [0.4, 0.5) is 5.82 Å². The van der Waals surface area contributed by atoms with Gasteiger partial charge in [-0.05, 0) is 19.1 Å². The summed E-state index contributed by atoms with van der Waals surface area (Å²) in [6, 6.07) is 3.24. The highest BCUT2D eigenvalue weighted by Crippen LogP contribution is 2.41. The number of nitrogens with two attached hydrogens (primary N) is 1. The van der Waals surface area contributed by atoms with Crippen molar-refractivity contribution >= 4 is 17.4 Å². The van der Waals surface area contributed by atoms with Crippen molar-refractivity contribution in [2.75, 3.05) is 12.8 Å². The lowest BCUT2D eigenvalue weighted by Gasteiger charge is -2.12. The van der Waals surface area contributed by atoms with Gasteiger partial charge in [-0.25, -0.2) is 9.97 Å². The van der Waals surface area contributed by atoms with Crippen LogP contribution < -0.4 is 10.5 Å². The van der Waals surface area contributed by atoms with Crippen molar-refractivity contribution < 1.29 is 14.9 Å². The lowest BCUT2D eigenvalue weighted by molar-refractivity contribution is 0.277. The number of methoxy groups -OCH3 is 1. The number of anilines is 1. The van der Waals surface area contributed by atoms with Gasteiger partial charge in [0.15, 0.2) is 11.5 Å². The fourth-order valence-electron chi connectivity index (χ4n) is 1.84. The van der Waals surface area contributed by atoms with Gasteiger partial charge in [0.05, 0.1) is 30.1 Å². The number of hydrogen-bond acceptors (Lipinski definition) is 6. The normalized spacial score (nSPS) is 10.6. The van der Waals surface area contributed by atoms with Gasteiger partial charge in [-0.1, -0.05) is 11.6 Å². The molecule has 20 heavy (non-hydrogen) atoms. The van der Waals surface area contributed by atoms with Crippen molar-refractivity contribution in [1.29, 1.82) is 0 Å². The maximum atomic E-state index is 9.93. The van der Waals surface area contributed by atoms with Crippen molar-refractivity contribution in [3.63, 3.8) is 0 Å². The molecule has 0 aliphatic rings. The van der Waals surface area contributed by atoms with Gasteiger partial charge in [0.2, 0.25) is 0 Å². The lowest BCUT2D eigenvalue weighted by atomic mass is 10.1. The van der Waals surface area contributed by atoms with Crippen molar-refractivity contribution in [3.05, 3.63) is 28.5 Å². The Hall–Kier alpha value is -2.05. The van der Waals surface area contributed by atoms with Gasteiger partial charge < -0.3 is 20.7 Å². The second-order valence-corrected chi connectivity index (χ2v) is 4.50. The number of nitrogen functional groups attached to an aromatic ring is 1. The highest BCUT2D eigenvalue weighted by atomic mass is 35.5. The van der Waals surface area contributed by atoms with E-state index in [2.05, 4.69) is 9.97 Å². The van der Waals surface area contributed by atoms with Crippen molar-refractivity contribution in [2.24, 2.45) is 0 Å². The van der Waals surface area contributed by atoms with Gasteiger partial charge in [0, 0.05) is 5.56 Å². The predicted molar refractivity (Wildman–Crippen MR) is 75.8 cm³/mol. The third-order valence-electron chi connectivity index (χ3n) is 2.88. The van der Waals surface area contributed by atoms with Gasteiger partial charge in [-0.3, -0.25) is 0 Å². The van der Waals surface area contributed by atoms with Crippen LogP contribution >= 0.6 is 11.6 Å². The smallest absolute Gasteiger partial charge is 0.177 e. The molecule has 2 rings (SSSR count). The Labute approximate surface area is 120 Å². The molecule has 0 saturated carbocycles. The van der Waals surface area contributed by atoms with E-state index in [-0.39, 0.29) is 34.6 Å². The predicted octanol–water partition coefficient (Wildman–Crippen LogP) is 1.89. The fourth-order valence-corrected chi connectivity index (χ4v) is 2.08. The molecule has 106 valence electrons. The van der Waals surface area contributed by atoms with E-state index in [9.17, 15) is 10.2 Å². The molecule has 0 saturated heterocycles. The number of ether oxygens (including phenoxy) is 1. The number of aromatic hydroxyl groups is 1. The van der Waals surface area contributed by atoms with Crippen LogP contribution in [0, 0.1) is 6.92 Å². The number of rotatable bonds is 3. The van der Waals surface area contributed by atoms with E-state index >= 15 is 0 Å². The van der Waals surface area contributed by atoms with Gasteiger partial charge in [0.25, 0.3) is 0 Å². The number of hydrogen-bond donors (Lipinski definition) is 3. The summed E-state index contributed by atoms with van der Waals surface area (Å²) in [5.41, 5.74) is 7.41. The number of aliphatic hydroxyl groups excluding tert-OH is 1. The van der Waals surface area contributed by atoms with E-state index in [1.165, 1.54) is 7.11 Å². The first-order chi connectivity index (χ1) is 9.49. The van der Waals surface area contributed by atoms with Gasteiger partial charge in [-0.15, -0.1) is 0 Å². The zero-order chi connectivity index (χ0) is 14.9. The van der Waals surface area contributed by atoms with Crippen molar-refractivity contribution in [3.8, 4) is 22.8 Å². The number of phenols is 1. The van der Waals surface area contributed by atoms with Gasteiger partial charge in [-0.2, -0.15) is 0 Å². The standard InChI is InChI=1S/C13H14ClN3O3/c1-6-11(17-8(5-18)13(15)16-6)7-3-4-9(20-2)12(19)10(7)14/h3-4,18-19H,5H2,1-2H3,(H2,15,16). The number of aryl methyl sites for hydroxylation is 1. The molecule has 0 radical (unpaired) electrons. The largest absolute Gasteiger partial charge is 0.503 e. The summed E-state index contributed by atoms with van der Waals surface area (Å²) in [6.07, 6.45) is 0. The molecule has 1 heterocycles. The van der Waals surface area contributed by atoms with E-state index < -0.39 is 0 Å². The number of benzene rings is 1. The summed E-state index contributed by atoms with van der Waals surface area (Å²) in [7, 11) is 1.43. The highest BCUT2D eigenvalue weighted by Gasteiger charge is 2.17. The molecule has 1 aromatic carbocycles. The van der Waals surface area contributed by atoms with Gasteiger partial charge >= 0.3 is 0 Å². The molecule has 0 amide bonds. The second kappa shape index (κ2) is 5.52. The van der Waals surface area contributed by atoms with E-state index in [1.54, 1.807) is 19.1 Å². The van der Waals surface area contributed by atoms with Crippen LogP contribution in [-0.2, 0) is 6.61 Å². The van der Waals surface area contributed by atoms with Gasteiger partial charge in [0.1, 0.15) is 11.5 Å². The molecule has 0 aliphatic heterocycles. The van der Waals surface area contributed by atoms with Crippen LogP contribution in [0.2, 0.25) is 5.02 Å². The maximum absolute atomic E-state index is 9.93. The van der Waals surface area contributed by atoms with E-state index in [0.717, 1.165) is 0 Å². The zero-order valence-electron chi connectivity index (χ0n) is 11.0.